The lowest BCUT2D eigenvalue weighted by Crippen LogP contribution is -2.65. The molecule has 5 rings (SSSR count). The van der Waals surface area contributed by atoms with Crippen LogP contribution in [0.5, 0.6) is 0 Å². The average Bonchev–Trinajstić information content (AvgIpc) is 2.79. The summed E-state index contributed by atoms with van der Waals surface area (Å²) in [7, 11) is 1.47. The molecule has 35 heavy (non-hydrogen) atoms. The number of hydrogen-bond donors (Lipinski definition) is 1. The molecule has 4 saturated carbocycles. The molecule has 0 saturated heterocycles. The topological polar surface area (TPSA) is 63.6 Å². The molecule has 0 aromatic heterocycles. The quantitative estimate of drug-likeness (QED) is 0.348. The molecule has 0 amide bonds. The maximum Gasteiger partial charge on any atom is 0.309 e. The van der Waals surface area contributed by atoms with Crippen LogP contribution in [0.15, 0.2) is 11.6 Å². The van der Waals surface area contributed by atoms with Crippen LogP contribution < -0.4 is 0 Å². The molecule has 4 nitrogen and oxygen atoms in total. The Morgan fingerprint density at radius 3 is 2.34 bits per heavy atom. The van der Waals surface area contributed by atoms with Crippen molar-refractivity contribution in [2.24, 2.45) is 56.7 Å². The van der Waals surface area contributed by atoms with Crippen LogP contribution in [0.25, 0.3) is 0 Å². The minimum Gasteiger partial charge on any atom is -0.469 e. The summed E-state index contributed by atoms with van der Waals surface area (Å²) in [5, 5.41) is 11.4. The molecular weight excluding hydrogens is 436 g/mol. The van der Waals surface area contributed by atoms with Crippen LogP contribution in [0.4, 0.5) is 0 Å². The van der Waals surface area contributed by atoms with Gasteiger partial charge in [0, 0.05) is 17.3 Å². The number of carbonyl (C=O) groups excluding carboxylic acids is 2. The standard InChI is InChI=1S/C31H48O4/c1-18-19(26(34)35-8)17-24(33)29(5)15-16-30(6)20(25(18)29)9-10-22-28(4)13-12-23(32)27(2,3)21(28)11-14-31(22,30)7/h9,18-19,21-22,24-25,33H,10-17H2,1-8H3/t18-,19+,21-,22-,24-,25-,28-,29-,30+,31+/m0/s1. The van der Waals surface area contributed by atoms with E-state index in [4.69, 9.17) is 4.74 Å². The third-order valence-corrected chi connectivity index (χ3v) is 13.4. The number of hydrogen-bond acceptors (Lipinski definition) is 4. The number of ketones is 1. The molecule has 0 spiro atoms. The van der Waals surface area contributed by atoms with Crippen LogP contribution in [-0.2, 0) is 14.3 Å². The molecule has 0 radical (unpaired) electrons. The fraction of sp³-hybridized carbons (Fsp3) is 0.871. The van der Waals surface area contributed by atoms with Gasteiger partial charge in [0.15, 0.2) is 0 Å². The van der Waals surface area contributed by atoms with Crippen molar-refractivity contribution < 1.29 is 19.4 Å². The summed E-state index contributed by atoms with van der Waals surface area (Å²) in [6, 6.07) is 0. The van der Waals surface area contributed by atoms with Gasteiger partial charge in [0.05, 0.1) is 19.1 Å². The largest absolute Gasteiger partial charge is 0.469 e. The van der Waals surface area contributed by atoms with E-state index in [-0.39, 0.29) is 50.8 Å². The number of rotatable bonds is 1. The molecule has 5 aliphatic carbocycles. The Morgan fingerprint density at radius 2 is 1.69 bits per heavy atom. The average molecular weight is 485 g/mol. The number of allylic oxidation sites excluding steroid dienone is 2. The highest BCUT2D eigenvalue weighted by atomic mass is 16.5. The summed E-state index contributed by atoms with van der Waals surface area (Å²) in [5.74, 6) is 1.38. The lowest BCUT2D eigenvalue weighted by atomic mass is 9.33. The van der Waals surface area contributed by atoms with Gasteiger partial charge in [0.1, 0.15) is 5.78 Å². The molecule has 4 heteroatoms. The van der Waals surface area contributed by atoms with E-state index in [0.717, 1.165) is 38.5 Å². The van der Waals surface area contributed by atoms with Gasteiger partial charge in [-0.3, -0.25) is 9.59 Å². The van der Waals surface area contributed by atoms with Gasteiger partial charge in [-0.05, 0) is 84.9 Å². The van der Waals surface area contributed by atoms with E-state index in [1.54, 1.807) is 0 Å². The summed E-state index contributed by atoms with van der Waals surface area (Å²) in [6.07, 6.45) is 9.72. The smallest absolute Gasteiger partial charge is 0.309 e. The van der Waals surface area contributed by atoms with E-state index in [1.165, 1.54) is 12.7 Å². The highest BCUT2D eigenvalue weighted by Crippen LogP contribution is 2.75. The van der Waals surface area contributed by atoms with Crippen molar-refractivity contribution in [3.05, 3.63) is 11.6 Å². The molecule has 0 aromatic carbocycles. The zero-order valence-electron chi connectivity index (χ0n) is 23.4. The van der Waals surface area contributed by atoms with Crippen molar-refractivity contribution in [1.29, 1.82) is 0 Å². The van der Waals surface area contributed by atoms with Crippen molar-refractivity contribution in [1.82, 2.24) is 0 Å². The first-order chi connectivity index (χ1) is 16.2. The Balaban J connectivity index is 1.59. The van der Waals surface area contributed by atoms with Crippen molar-refractivity contribution in [2.45, 2.75) is 106 Å². The number of aliphatic hydroxyl groups is 1. The monoisotopic (exact) mass is 484 g/mol. The predicted molar refractivity (Wildman–Crippen MR) is 137 cm³/mol. The lowest BCUT2D eigenvalue weighted by Gasteiger charge is -2.71. The van der Waals surface area contributed by atoms with Crippen molar-refractivity contribution >= 4 is 11.8 Å². The third-order valence-electron chi connectivity index (χ3n) is 13.4. The minimum atomic E-state index is -0.484. The Kier molecular flexibility index (Phi) is 5.59. The van der Waals surface area contributed by atoms with Gasteiger partial charge in [0.2, 0.25) is 0 Å². The highest BCUT2D eigenvalue weighted by Gasteiger charge is 2.69. The van der Waals surface area contributed by atoms with Gasteiger partial charge in [-0.1, -0.05) is 60.1 Å². The molecule has 4 fully saturated rings. The van der Waals surface area contributed by atoms with Crippen LogP contribution in [0.1, 0.15) is 99.8 Å². The zero-order valence-corrected chi connectivity index (χ0v) is 23.4. The number of methoxy groups -OCH3 is 1. The van der Waals surface area contributed by atoms with Gasteiger partial charge in [0.25, 0.3) is 0 Å². The summed E-state index contributed by atoms with van der Waals surface area (Å²) >= 11 is 0. The van der Waals surface area contributed by atoms with Gasteiger partial charge < -0.3 is 9.84 Å². The normalized spacial score (nSPS) is 52.8. The van der Waals surface area contributed by atoms with Crippen LogP contribution in [-0.4, -0.2) is 30.1 Å². The Bertz CT molecular complexity index is 965. The van der Waals surface area contributed by atoms with Crippen molar-refractivity contribution in [3.63, 3.8) is 0 Å². The predicted octanol–water partition coefficient (Wildman–Crippen LogP) is 6.36. The van der Waals surface area contributed by atoms with Gasteiger partial charge in [-0.2, -0.15) is 0 Å². The van der Waals surface area contributed by atoms with E-state index in [9.17, 15) is 14.7 Å². The summed E-state index contributed by atoms with van der Waals surface area (Å²) in [5.41, 5.74) is 1.45. The number of carbonyl (C=O) groups is 2. The third kappa shape index (κ3) is 3.01. The summed E-state index contributed by atoms with van der Waals surface area (Å²) in [4.78, 5) is 25.7. The fourth-order valence-electron chi connectivity index (χ4n) is 10.9. The summed E-state index contributed by atoms with van der Waals surface area (Å²) < 4.78 is 5.19. The number of aliphatic hydroxyl groups excluding tert-OH is 1. The molecule has 0 heterocycles. The number of esters is 1. The maximum atomic E-state index is 12.9. The Morgan fingerprint density at radius 1 is 1.00 bits per heavy atom. The van der Waals surface area contributed by atoms with Crippen LogP contribution >= 0.6 is 0 Å². The lowest BCUT2D eigenvalue weighted by molar-refractivity contribution is -0.194. The van der Waals surface area contributed by atoms with E-state index >= 15 is 0 Å². The van der Waals surface area contributed by atoms with Gasteiger partial charge in [-0.25, -0.2) is 0 Å². The number of Topliss-reactive ketones (excluding diaryl/α,β-unsaturated/α-hetero) is 1. The SMILES string of the molecule is COC(=O)[C@@H]1C[C@H](O)[C@]2(C)CC[C@]3(C)C(=CC[C@H]4[C@@]5(C)CCC(=O)C(C)(C)[C@@H]5CC[C@]43C)[C@@H]2[C@H]1C. The van der Waals surface area contributed by atoms with E-state index < -0.39 is 6.10 Å². The fourth-order valence-corrected chi connectivity index (χ4v) is 10.9. The minimum absolute atomic E-state index is 0.0473. The van der Waals surface area contributed by atoms with Gasteiger partial charge in [-0.15, -0.1) is 0 Å². The molecular formula is C31H48O4. The number of fused-ring (bicyclic) bond motifs is 7. The van der Waals surface area contributed by atoms with E-state index in [0.29, 0.717) is 30.5 Å². The maximum absolute atomic E-state index is 12.9. The second kappa shape index (κ2) is 7.68. The Labute approximate surface area is 212 Å². The van der Waals surface area contributed by atoms with Gasteiger partial charge >= 0.3 is 5.97 Å². The summed E-state index contributed by atoms with van der Waals surface area (Å²) in [6.45, 7) is 16.5. The van der Waals surface area contributed by atoms with E-state index in [1.807, 2.05) is 0 Å². The molecule has 0 aromatic rings. The van der Waals surface area contributed by atoms with Crippen LogP contribution in [0.2, 0.25) is 0 Å². The number of ether oxygens (including phenoxy) is 1. The molecule has 196 valence electrons. The first-order valence-corrected chi connectivity index (χ1v) is 14.2. The molecule has 0 bridgehead atoms. The second-order valence-electron chi connectivity index (χ2n) is 14.7. The van der Waals surface area contributed by atoms with Crippen LogP contribution in [0, 0.1) is 56.7 Å². The van der Waals surface area contributed by atoms with E-state index in [2.05, 4.69) is 54.5 Å². The molecule has 0 aliphatic heterocycles. The second-order valence-corrected chi connectivity index (χ2v) is 14.7. The van der Waals surface area contributed by atoms with Crippen molar-refractivity contribution in [3.8, 4) is 0 Å². The molecule has 0 unspecified atom stereocenters. The molecule has 10 atom stereocenters. The van der Waals surface area contributed by atoms with Crippen LogP contribution in [0.3, 0.4) is 0 Å². The zero-order chi connectivity index (χ0) is 25.8. The highest BCUT2D eigenvalue weighted by molar-refractivity contribution is 5.85. The van der Waals surface area contributed by atoms with Crippen molar-refractivity contribution in [2.75, 3.05) is 7.11 Å². The first kappa shape index (κ1) is 25.5. The Hall–Kier alpha value is -1.16. The first-order valence-electron chi connectivity index (χ1n) is 14.2. The molecule has 1 N–H and O–H groups in total. The molecule has 5 aliphatic rings.